The average Bonchev–Trinajstić information content (AvgIpc) is 2.63. The van der Waals surface area contributed by atoms with Crippen LogP contribution in [-0.2, 0) is 11.2 Å². The first-order chi connectivity index (χ1) is 12.1. The predicted octanol–water partition coefficient (Wildman–Crippen LogP) is 3.44. The van der Waals surface area contributed by atoms with Gasteiger partial charge < -0.3 is 15.0 Å². The minimum absolute atomic E-state index is 0.0780. The number of aryl methyl sites for hydroxylation is 1. The lowest BCUT2D eigenvalue weighted by molar-refractivity contribution is -0.121. The SMILES string of the molecule is COc1ccccc1[C@H](CNC(=O)CCCc1ccccc1)N(C)C. The summed E-state index contributed by atoms with van der Waals surface area (Å²) in [7, 11) is 5.70. The molecule has 0 radical (unpaired) electrons. The molecule has 0 aliphatic heterocycles. The van der Waals surface area contributed by atoms with Crippen molar-refractivity contribution >= 4 is 5.91 Å². The summed E-state index contributed by atoms with van der Waals surface area (Å²) in [5.41, 5.74) is 2.36. The molecule has 0 heterocycles. The number of hydrogen-bond donors (Lipinski definition) is 1. The number of para-hydroxylation sites is 1. The molecule has 0 aliphatic rings. The van der Waals surface area contributed by atoms with Crippen molar-refractivity contribution in [2.75, 3.05) is 27.7 Å². The van der Waals surface area contributed by atoms with E-state index in [9.17, 15) is 4.79 Å². The van der Waals surface area contributed by atoms with Gasteiger partial charge in [0.2, 0.25) is 5.91 Å². The minimum atomic E-state index is 0.0780. The van der Waals surface area contributed by atoms with Gasteiger partial charge in [0.05, 0.1) is 13.2 Å². The van der Waals surface area contributed by atoms with Crippen LogP contribution in [0, 0.1) is 0 Å². The number of rotatable bonds is 9. The fourth-order valence-electron chi connectivity index (χ4n) is 2.91. The molecule has 0 saturated heterocycles. The number of amides is 1. The normalized spacial score (nSPS) is 12.0. The molecular weight excluding hydrogens is 312 g/mol. The van der Waals surface area contributed by atoms with E-state index in [1.807, 2.05) is 56.6 Å². The van der Waals surface area contributed by atoms with Crippen LogP contribution in [0.25, 0.3) is 0 Å². The number of hydrogen-bond acceptors (Lipinski definition) is 3. The molecule has 1 amide bonds. The number of methoxy groups -OCH3 is 1. The number of carbonyl (C=O) groups is 1. The van der Waals surface area contributed by atoms with E-state index < -0.39 is 0 Å². The van der Waals surface area contributed by atoms with Crippen molar-refractivity contribution < 1.29 is 9.53 Å². The number of nitrogens with one attached hydrogen (secondary N) is 1. The topological polar surface area (TPSA) is 41.6 Å². The Bertz CT molecular complexity index is 656. The van der Waals surface area contributed by atoms with Crippen LogP contribution in [0.2, 0.25) is 0 Å². The molecule has 0 spiro atoms. The van der Waals surface area contributed by atoms with Crippen molar-refractivity contribution in [1.29, 1.82) is 0 Å². The molecule has 2 aromatic carbocycles. The summed E-state index contributed by atoms with van der Waals surface area (Å²) < 4.78 is 5.46. The maximum Gasteiger partial charge on any atom is 0.220 e. The van der Waals surface area contributed by atoms with Crippen LogP contribution in [-0.4, -0.2) is 38.6 Å². The van der Waals surface area contributed by atoms with Crippen molar-refractivity contribution in [2.45, 2.75) is 25.3 Å². The average molecular weight is 340 g/mol. The van der Waals surface area contributed by atoms with Gasteiger partial charge >= 0.3 is 0 Å². The highest BCUT2D eigenvalue weighted by molar-refractivity contribution is 5.75. The van der Waals surface area contributed by atoms with E-state index in [-0.39, 0.29) is 11.9 Å². The van der Waals surface area contributed by atoms with E-state index in [4.69, 9.17) is 4.74 Å². The molecule has 1 atom stereocenters. The Kier molecular flexibility index (Phi) is 7.48. The Morgan fingerprint density at radius 2 is 1.76 bits per heavy atom. The summed E-state index contributed by atoms with van der Waals surface area (Å²) in [6, 6.07) is 18.3. The van der Waals surface area contributed by atoms with Crippen LogP contribution in [0.15, 0.2) is 54.6 Å². The smallest absolute Gasteiger partial charge is 0.220 e. The first kappa shape index (κ1) is 19.0. The first-order valence-corrected chi connectivity index (χ1v) is 8.71. The summed E-state index contributed by atoms with van der Waals surface area (Å²) in [5.74, 6) is 0.942. The van der Waals surface area contributed by atoms with E-state index in [0.717, 1.165) is 24.2 Å². The van der Waals surface area contributed by atoms with Crippen molar-refractivity contribution in [3.05, 3.63) is 65.7 Å². The molecule has 134 valence electrons. The van der Waals surface area contributed by atoms with Gasteiger partial charge in [-0.15, -0.1) is 0 Å². The van der Waals surface area contributed by atoms with Crippen molar-refractivity contribution in [3.63, 3.8) is 0 Å². The van der Waals surface area contributed by atoms with Crippen LogP contribution in [0.5, 0.6) is 5.75 Å². The van der Waals surface area contributed by atoms with E-state index in [0.29, 0.717) is 13.0 Å². The largest absolute Gasteiger partial charge is 0.496 e. The maximum atomic E-state index is 12.2. The van der Waals surface area contributed by atoms with E-state index >= 15 is 0 Å². The lowest BCUT2D eigenvalue weighted by atomic mass is 10.0. The van der Waals surface area contributed by atoms with E-state index in [1.54, 1.807) is 7.11 Å². The highest BCUT2D eigenvalue weighted by atomic mass is 16.5. The Hall–Kier alpha value is -2.33. The van der Waals surface area contributed by atoms with Gasteiger partial charge in [-0.2, -0.15) is 0 Å². The second kappa shape index (κ2) is 9.84. The fourth-order valence-corrected chi connectivity index (χ4v) is 2.91. The van der Waals surface area contributed by atoms with Crippen LogP contribution < -0.4 is 10.1 Å². The molecule has 25 heavy (non-hydrogen) atoms. The van der Waals surface area contributed by atoms with E-state index in [1.165, 1.54) is 5.56 Å². The molecule has 2 rings (SSSR count). The molecule has 0 bridgehead atoms. The molecule has 0 aliphatic carbocycles. The molecule has 4 heteroatoms. The number of likely N-dealkylation sites (N-methyl/N-ethyl adjacent to an activating group) is 1. The Balaban J connectivity index is 1.85. The van der Waals surface area contributed by atoms with Gasteiger partial charge in [0, 0.05) is 18.5 Å². The number of nitrogens with zero attached hydrogens (tertiary/aromatic N) is 1. The number of ether oxygens (including phenoxy) is 1. The highest BCUT2D eigenvalue weighted by Crippen LogP contribution is 2.27. The third-order valence-electron chi connectivity index (χ3n) is 4.33. The lowest BCUT2D eigenvalue weighted by Gasteiger charge is -2.26. The molecule has 0 unspecified atom stereocenters. The van der Waals surface area contributed by atoms with Crippen LogP contribution in [0.3, 0.4) is 0 Å². The summed E-state index contributed by atoms with van der Waals surface area (Å²) in [6.07, 6.45) is 2.33. The van der Waals surface area contributed by atoms with Gasteiger partial charge in [0.15, 0.2) is 0 Å². The Morgan fingerprint density at radius 3 is 2.44 bits per heavy atom. The van der Waals surface area contributed by atoms with Gasteiger partial charge in [-0.05, 0) is 38.6 Å². The van der Waals surface area contributed by atoms with Gasteiger partial charge in [-0.3, -0.25) is 4.79 Å². The quantitative estimate of drug-likeness (QED) is 0.760. The summed E-state index contributed by atoms with van der Waals surface area (Å²) >= 11 is 0. The zero-order chi connectivity index (χ0) is 18.1. The molecule has 1 N–H and O–H groups in total. The monoisotopic (exact) mass is 340 g/mol. The zero-order valence-electron chi connectivity index (χ0n) is 15.4. The van der Waals surface area contributed by atoms with E-state index in [2.05, 4.69) is 22.3 Å². The second-order valence-electron chi connectivity index (χ2n) is 6.36. The highest BCUT2D eigenvalue weighted by Gasteiger charge is 2.18. The second-order valence-corrected chi connectivity index (χ2v) is 6.36. The molecule has 0 saturated carbocycles. The third kappa shape index (κ3) is 5.91. The fraction of sp³-hybridized carbons (Fsp3) is 0.381. The molecule has 4 nitrogen and oxygen atoms in total. The molecular formula is C21H28N2O2. The van der Waals surface area contributed by atoms with Gasteiger partial charge in [-0.25, -0.2) is 0 Å². The van der Waals surface area contributed by atoms with Crippen LogP contribution in [0.4, 0.5) is 0 Å². The van der Waals surface area contributed by atoms with Crippen molar-refractivity contribution in [1.82, 2.24) is 10.2 Å². The third-order valence-corrected chi connectivity index (χ3v) is 4.33. The Morgan fingerprint density at radius 1 is 1.08 bits per heavy atom. The van der Waals surface area contributed by atoms with Gasteiger partial charge in [0.25, 0.3) is 0 Å². The predicted molar refractivity (Wildman–Crippen MR) is 102 cm³/mol. The minimum Gasteiger partial charge on any atom is -0.496 e. The number of carbonyl (C=O) groups excluding carboxylic acids is 1. The first-order valence-electron chi connectivity index (χ1n) is 8.71. The summed E-state index contributed by atoms with van der Waals surface area (Å²) in [4.78, 5) is 14.3. The zero-order valence-corrected chi connectivity index (χ0v) is 15.4. The van der Waals surface area contributed by atoms with Crippen molar-refractivity contribution in [2.24, 2.45) is 0 Å². The van der Waals surface area contributed by atoms with Gasteiger partial charge in [-0.1, -0.05) is 48.5 Å². The van der Waals surface area contributed by atoms with Crippen molar-refractivity contribution in [3.8, 4) is 5.75 Å². The van der Waals surface area contributed by atoms with Crippen LogP contribution in [0.1, 0.15) is 30.0 Å². The number of benzene rings is 2. The maximum absolute atomic E-state index is 12.2. The molecule has 2 aromatic rings. The Labute approximate surface area is 150 Å². The summed E-state index contributed by atoms with van der Waals surface area (Å²) in [6.45, 7) is 0.567. The standard InChI is InChI=1S/C21H28N2O2/c1-23(2)19(18-13-7-8-14-20(18)25-3)16-22-21(24)15-9-12-17-10-5-4-6-11-17/h4-8,10-11,13-14,19H,9,12,15-16H2,1-3H3,(H,22,24)/t19-/m0/s1. The van der Waals surface area contributed by atoms with Crippen LogP contribution >= 0.6 is 0 Å². The summed E-state index contributed by atoms with van der Waals surface area (Å²) in [5, 5.41) is 3.06. The molecule has 0 fully saturated rings. The molecule has 0 aromatic heterocycles. The lowest BCUT2D eigenvalue weighted by Crippen LogP contribution is -2.34. The van der Waals surface area contributed by atoms with Gasteiger partial charge in [0.1, 0.15) is 5.75 Å².